The lowest BCUT2D eigenvalue weighted by Gasteiger charge is -2.31. The molecule has 0 spiro atoms. The highest BCUT2D eigenvalue weighted by Crippen LogP contribution is 2.38. The average Bonchev–Trinajstić information content (AvgIpc) is 3.17. The van der Waals surface area contributed by atoms with Gasteiger partial charge in [0.25, 0.3) is 5.24 Å². The molecule has 1 amide bonds. The topological polar surface area (TPSA) is 119 Å². The summed E-state index contributed by atoms with van der Waals surface area (Å²) in [6.45, 7) is 0.918. The van der Waals surface area contributed by atoms with Gasteiger partial charge in [0.2, 0.25) is 0 Å². The van der Waals surface area contributed by atoms with Gasteiger partial charge in [0.05, 0.1) is 16.0 Å². The Morgan fingerprint density at radius 1 is 1.08 bits per heavy atom. The fourth-order valence-corrected chi connectivity index (χ4v) is 4.49. The molecule has 1 aromatic rings. The van der Waals surface area contributed by atoms with Gasteiger partial charge in [0.1, 0.15) is 5.84 Å². The highest BCUT2D eigenvalue weighted by Gasteiger charge is 2.38. The maximum absolute atomic E-state index is 13.3. The number of rotatable bonds is 5. The predicted molar refractivity (Wildman–Crippen MR) is 126 cm³/mol. The molecule has 0 aromatic heterocycles. The van der Waals surface area contributed by atoms with Crippen molar-refractivity contribution in [1.82, 2.24) is 10.2 Å². The Kier molecular flexibility index (Phi) is 10.5. The summed E-state index contributed by atoms with van der Waals surface area (Å²) >= 11 is 1.05. The van der Waals surface area contributed by atoms with E-state index in [1.54, 1.807) is 11.9 Å². The van der Waals surface area contributed by atoms with Gasteiger partial charge >= 0.3 is 24.3 Å². The average molecular weight is 568 g/mol. The minimum Gasteiger partial charge on any atom is -0.478 e. The van der Waals surface area contributed by atoms with Gasteiger partial charge in [-0.2, -0.15) is 26.3 Å². The molecule has 15 heteroatoms. The number of likely N-dealkylation sites (tertiary alicyclic amines) is 1. The summed E-state index contributed by atoms with van der Waals surface area (Å²) in [7, 11) is 1.57. The monoisotopic (exact) mass is 567 g/mol. The molecule has 3 rings (SSSR count). The van der Waals surface area contributed by atoms with E-state index in [2.05, 4.69) is 10.3 Å². The van der Waals surface area contributed by atoms with Gasteiger partial charge in [-0.15, -0.1) is 0 Å². The third-order valence-electron chi connectivity index (χ3n) is 5.40. The maximum Gasteiger partial charge on any atom is 0.416 e. The van der Waals surface area contributed by atoms with Gasteiger partial charge < -0.3 is 15.5 Å². The number of nitrogens with one attached hydrogen (secondary N) is 1. The Bertz CT molecular complexity index is 1120. The van der Waals surface area contributed by atoms with Gasteiger partial charge in [-0.1, -0.05) is 12.1 Å². The molecular formula is C23H23F6N3O5S. The van der Waals surface area contributed by atoms with Crippen molar-refractivity contribution in [3.05, 3.63) is 58.0 Å². The number of amides is 1. The van der Waals surface area contributed by atoms with Crippen LogP contribution in [-0.2, 0) is 28.5 Å². The molecule has 2 aliphatic rings. The first-order chi connectivity index (χ1) is 17.6. The van der Waals surface area contributed by atoms with Gasteiger partial charge in [0, 0.05) is 25.7 Å². The quantitative estimate of drug-likeness (QED) is 0.338. The van der Waals surface area contributed by atoms with Crippen molar-refractivity contribution in [2.24, 2.45) is 10.9 Å². The number of hydrogen-bond donors (Lipinski definition) is 3. The summed E-state index contributed by atoms with van der Waals surface area (Å²) in [5, 5.41) is 18.0. The standard InChI is InChI=1S/C19H19F6N3OS.C4H4O4/c1-26-16-15(30-17(29)27-16)8-11-4-6-28(7-5-11)10-12-2-3-13(18(20,21)22)9-14(12)19(23,24)25;5-3(6)1-2-4(7)8/h2-3,8-9,11H,4-7,10H2,1H3,(H,26,27,29);1-2H,(H,5,6)(H,7,8)/b15-8-;2-1+. The molecule has 3 N–H and O–H groups in total. The van der Waals surface area contributed by atoms with Crippen molar-refractivity contribution < 1.29 is 50.9 Å². The molecule has 2 fully saturated rings. The van der Waals surface area contributed by atoms with Crippen LogP contribution in [0.2, 0.25) is 0 Å². The van der Waals surface area contributed by atoms with Crippen molar-refractivity contribution in [3.8, 4) is 0 Å². The molecule has 8 nitrogen and oxygen atoms in total. The van der Waals surface area contributed by atoms with Crippen molar-refractivity contribution in [1.29, 1.82) is 0 Å². The summed E-state index contributed by atoms with van der Waals surface area (Å²) in [5.41, 5.74) is -2.74. The van der Waals surface area contributed by atoms with Crippen molar-refractivity contribution in [2.45, 2.75) is 31.7 Å². The molecule has 0 saturated carbocycles. The number of carboxylic acid groups (broad SMARTS) is 2. The van der Waals surface area contributed by atoms with E-state index in [1.807, 2.05) is 6.08 Å². The minimum absolute atomic E-state index is 0.0767. The van der Waals surface area contributed by atoms with Crippen LogP contribution in [-0.4, -0.2) is 58.3 Å². The molecule has 0 unspecified atom stereocenters. The number of halogens is 6. The van der Waals surface area contributed by atoms with Crippen LogP contribution in [0.4, 0.5) is 31.1 Å². The number of piperidine rings is 1. The lowest BCUT2D eigenvalue weighted by Crippen LogP contribution is -2.33. The summed E-state index contributed by atoms with van der Waals surface area (Å²) in [6, 6.07) is 1.78. The number of carbonyl (C=O) groups is 3. The summed E-state index contributed by atoms with van der Waals surface area (Å²) in [5.74, 6) is -1.87. The van der Waals surface area contributed by atoms with Crippen LogP contribution >= 0.6 is 11.8 Å². The lowest BCUT2D eigenvalue weighted by atomic mass is 9.95. The second-order valence-electron chi connectivity index (χ2n) is 8.11. The molecule has 2 heterocycles. The first kappa shape index (κ1) is 30.9. The lowest BCUT2D eigenvalue weighted by molar-refractivity contribution is -0.143. The van der Waals surface area contributed by atoms with E-state index in [9.17, 15) is 40.7 Å². The summed E-state index contributed by atoms with van der Waals surface area (Å²) in [6.07, 6.45) is -5.31. The minimum atomic E-state index is -4.87. The van der Waals surface area contributed by atoms with E-state index in [0.29, 0.717) is 50.0 Å². The molecule has 38 heavy (non-hydrogen) atoms. The van der Waals surface area contributed by atoms with E-state index in [-0.39, 0.29) is 29.3 Å². The Hall–Kier alpha value is -3.33. The number of benzene rings is 1. The second kappa shape index (κ2) is 13.0. The number of aliphatic imine (C=N–C) groups is 1. The number of carboxylic acids is 2. The first-order valence-electron chi connectivity index (χ1n) is 10.9. The predicted octanol–water partition coefficient (Wildman–Crippen LogP) is 5.02. The van der Waals surface area contributed by atoms with Gasteiger partial charge in [-0.05, 0) is 61.3 Å². The van der Waals surface area contributed by atoms with E-state index >= 15 is 0 Å². The molecule has 2 saturated heterocycles. The number of thioether (sulfide) groups is 1. The van der Waals surface area contributed by atoms with Crippen LogP contribution < -0.4 is 5.32 Å². The van der Waals surface area contributed by atoms with E-state index < -0.39 is 35.4 Å². The smallest absolute Gasteiger partial charge is 0.416 e. The van der Waals surface area contributed by atoms with Crippen LogP contribution in [0.1, 0.15) is 29.5 Å². The third-order valence-corrected chi connectivity index (χ3v) is 6.24. The number of alkyl halides is 6. The van der Waals surface area contributed by atoms with Gasteiger partial charge in [0.15, 0.2) is 0 Å². The largest absolute Gasteiger partial charge is 0.478 e. The number of allylic oxidation sites excluding steroid dienone is 1. The normalized spacial score (nSPS) is 19.5. The Labute approximate surface area is 217 Å². The molecule has 1 aromatic carbocycles. The highest BCUT2D eigenvalue weighted by molar-refractivity contribution is 8.18. The van der Waals surface area contributed by atoms with E-state index in [1.165, 1.54) is 0 Å². The SMILES string of the molecule is CN=C1NC(=O)S/C1=C\C1CCN(Cc2ccc(C(F)(F)F)cc2C(F)(F)F)CC1.O=C(O)/C=C/C(=O)O. The molecule has 0 bridgehead atoms. The molecular weight excluding hydrogens is 544 g/mol. The van der Waals surface area contributed by atoms with E-state index in [4.69, 9.17) is 10.2 Å². The highest BCUT2D eigenvalue weighted by atomic mass is 32.2. The third kappa shape index (κ3) is 9.52. The van der Waals surface area contributed by atoms with Crippen LogP contribution in [0.5, 0.6) is 0 Å². The summed E-state index contributed by atoms with van der Waals surface area (Å²) in [4.78, 5) is 37.1. The van der Waals surface area contributed by atoms with Crippen LogP contribution in [0.25, 0.3) is 0 Å². The number of carbonyl (C=O) groups excluding carboxylic acids is 1. The van der Waals surface area contributed by atoms with Gasteiger partial charge in [-0.25, -0.2) is 9.59 Å². The first-order valence-corrected chi connectivity index (χ1v) is 11.7. The Morgan fingerprint density at radius 3 is 2.13 bits per heavy atom. The zero-order chi connectivity index (χ0) is 28.7. The van der Waals surface area contributed by atoms with Crippen molar-refractivity contribution in [3.63, 3.8) is 0 Å². The van der Waals surface area contributed by atoms with Crippen LogP contribution in [0.15, 0.2) is 46.3 Å². The molecule has 0 aliphatic carbocycles. The second-order valence-corrected chi connectivity index (χ2v) is 9.12. The molecule has 2 aliphatic heterocycles. The number of aliphatic carboxylic acids is 2. The van der Waals surface area contributed by atoms with E-state index in [0.717, 1.165) is 22.7 Å². The number of nitrogens with zero attached hydrogens (tertiary/aromatic N) is 2. The van der Waals surface area contributed by atoms with Crippen LogP contribution in [0, 0.1) is 5.92 Å². The fraction of sp³-hybridized carbons (Fsp3) is 0.391. The Morgan fingerprint density at radius 2 is 1.66 bits per heavy atom. The Balaban J connectivity index is 0.000000550. The van der Waals surface area contributed by atoms with Crippen molar-refractivity contribution in [2.75, 3.05) is 20.1 Å². The maximum atomic E-state index is 13.3. The van der Waals surface area contributed by atoms with Gasteiger partial charge in [-0.3, -0.25) is 14.7 Å². The number of amidine groups is 1. The molecule has 208 valence electrons. The zero-order valence-corrected chi connectivity index (χ0v) is 20.6. The van der Waals surface area contributed by atoms with Crippen LogP contribution in [0.3, 0.4) is 0 Å². The zero-order valence-electron chi connectivity index (χ0n) is 19.8. The summed E-state index contributed by atoms with van der Waals surface area (Å²) < 4.78 is 78.4. The fourth-order valence-electron chi connectivity index (χ4n) is 3.64. The van der Waals surface area contributed by atoms with Crippen molar-refractivity contribution >= 4 is 34.8 Å². The molecule has 0 atom stereocenters. The molecule has 0 radical (unpaired) electrons. The number of hydrogen-bond acceptors (Lipinski definition) is 6.